The Hall–Kier alpha value is -4.42. The van der Waals surface area contributed by atoms with Crippen molar-refractivity contribution in [1.29, 1.82) is 5.26 Å². The number of carboxylic acid groups (broad SMARTS) is 1. The monoisotopic (exact) mass is 592 g/mol. The molecule has 3 aromatic rings. The Labute approximate surface area is 239 Å². The fraction of sp³-hybridized carbons (Fsp3) is 0.444. The van der Waals surface area contributed by atoms with Gasteiger partial charge in [-0.25, -0.2) is 14.3 Å². The number of alkyl halides is 3. The van der Waals surface area contributed by atoms with Crippen molar-refractivity contribution < 1.29 is 42.8 Å². The van der Waals surface area contributed by atoms with Crippen LogP contribution in [0.3, 0.4) is 0 Å². The minimum atomic E-state index is -5.08. The van der Waals surface area contributed by atoms with E-state index >= 15 is 0 Å². The molecule has 4 rings (SSSR count). The number of carbonyl (C=O) groups is 2. The van der Waals surface area contributed by atoms with Gasteiger partial charge in [0.1, 0.15) is 23.7 Å². The molecule has 0 aromatic carbocycles. The van der Waals surface area contributed by atoms with Crippen molar-refractivity contribution in [2.24, 2.45) is 5.92 Å². The highest BCUT2D eigenvalue weighted by atomic mass is 19.4. The molecule has 1 amide bonds. The number of carboxylic acids is 1. The highest BCUT2D eigenvalue weighted by molar-refractivity contribution is 5.85. The Morgan fingerprint density at radius 2 is 1.83 bits per heavy atom. The standard InChI is InChI=1S/C25H30N6O4.C2HF3O2/c1-17(2)24(33)25(34)30-8-6-29(7-9-30)22-5-4-18(14-27-22)21-12-20(35-11-3-10-32)16-31-23(21)19(13-26)15-28-31;3-2(4,5)1(6)7/h4-5,12,14-17,24,32-33H,3,6-11H2,1-2H3;(H,6,7)/t24-;/m1./s1. The lowest BCUT2D eigenvalue weighted by Crippen LogP contribution is -2.52. The summed E-state index contributed by atoms with van der Waals surface area (Å²) in [5.41, 5.74) is 2.72. The number of piperazine rings is 1. The third-order valence-electron chi connectivity index (χ3n) is 6.38. The highest BCUT2D eigenvalue weighted by Gasteiger charge is 2.38. The average Bonchev–Trinajstić information content (AvgIpc) is 3.39. The zero-order valence-electron chi connectivity index (χ0n) is 23.0. The summed E-state index contributed by atoms with van der Waals surface area (Å²) in [4.78, 5) is 29.8. The maximum atomic E-state index is 12.4. The molecule has 42 heavy (non-hydrogen) atoms. The summed E-state index contributed by atoms with van der Waals surface area (Å²) < 4.78 is 39.1. The van der Waals surface area contributed by atoms with Crippen molar-refractivity contribution in [3.05, 3.63) is 42.4 Å². The number of aliphatic hydroxyl groups is 2. The fourth-order valence-corrected chi connectivity index (χ4v) is 4.09. The first-order chi connectivity index (χ1) is 19.9. The van der Waals surface area contributed by atoms with Gasteiger partial charge in [0, 0.05) is 56.5 Å². The van der Waals surface area contributed by atoms with Gasteiger partial charge in [0.25, 0.3) is 5.91 Å². The lowest BCUT2D eigenvalue weighted by molar-refractivity contribution is -0.192. The first-order valence-corrected chi connectivity index (χ1v) is 13.0. The van der Waals surface area contributed by atoms with Crippen LogP contribution in [0.25, 0.3) is 16.6 Å². The van der Waals surface area contributed by atoms with Crippen molar-refractivity contribution in [2.75, 3.05) is 44.3 Å². The number of aromatic nitrogens is 3. The van der Waals surface area contributed by atoms with Gasteiger partial charge in [0.05, 0.1) is 30.1 Å². The number of carbonyl (C=O) groups excluding carboxylic acids is 1. The van der Waals surface area contributed by atoms with Gasteiger partial charge >= 0.3 is 12.1 Å². The summed E-state index contributed by atoms with van der Waals surface area (Å²) >= 11 is 0. The van der Waals surface area contributed by atoms with Crippen LogP contribution in [0.5, 0.6) is 5.75 Å². The van der Waals surface area contributed by atoms with Gasteiger partial charge in [0.2, 0.25) is 0 Å². The molecule has 0 unspecified atom stereocenters. The molecule has 4 heterocycles. The van der Waals surface area contributed by atoms with E-state index in [9.17, 15) is 28.3 Å². The van der Waals surface area contributed by atoms with Crippen molar-refractivity contribution in [3.8, 4) is 22.9 Å². The number of pyridine rings is 2. The molecule has 15 heteroatoms. The number of anilines is 1. The third kappa shape index (κ3) is 7.86. The van der Waals surface area contributed by atoms with E-state index in [-0.39, 0.29) is 18.4 Å². The second-order valence-electron chi connectivity index (χ2n) is 9.69. The summed E-state index contributed by atoms with van der Waals surface area (Å²) in [6.45, 7) is 6.39. The van der Waals surface area contributed by atoms with E-state index in [1.54, 1.807) is 21.8 Å². The van der Waals surface area contributed by atoms with Crippen LogP contribution in [0.1, 0.15) is 25.8 Å². The van der Waals surface area contributed by atoms with Gasteiger partial charge in [-0.3, -0.25) is 4.79 Å². The molecule has 3 aromatic heterocycles. The fourth-order valence-electron chi connectivity index (χ4n) is 4.09. The maximum Gasteiger partial charge on any atom is 0.490 e. The van der Waals surface area contributed by atoms with Crippen LogP contribution >= 0.6 is 0 Å². The Morgan fingerprint density at radius 3 is 2.36 bits per heavy atom. The van der Waals surface area contributed by atoms with Gasteiger partial charge < -0.3 is 29.9 Å². The topological polar surface area (TPSA) is 165 Å². The zero-order chi connectivity index (χ0) is 31.0. The Kier molecular flexibility index (Phi) is 10.7. The lowest BCUT2D eigenvalue weighted by Gasteiger charge is -2.36. The summed E-state index contributed by atoms with van der Waals surface area (Å²) in [5.74, 6) is -1.71. The Morgan fingerprint density at radius 1 is 1.17 bits per heavy atom. The predicted octanol–water partition coefficient (Wildman–Crippen LogP) is 2.33. The lowest BCUT2D eigenvalue weighted by atomic mass is 10.0. The number of rotatable bonds is 8. The Balaban J connectivity index is 0.000000616. The molecule has 12 nitrogen and oxygen atoms in total. The molecule has 1 aliphatic rings. The minimum absolute atomic E-state index is 0.0432. The van der Waals surface area contributed by atoms with Crippen LogP contribution in [0.2, 0.25) is 0 Å². The van der Waals surface area contributed by atoms with E-state index in [1.165, 1.54) is 6.20 Å². The summed E-state index contributed by atoms with van der Waals surface area (Å²) in [7, 11) is 0. The number of aliphatic hydroxyl groups excluding tert-OH is 2. The van der Waals surface area contributed by atoms with E-state index < -0.39 is 18.2 Å². The predicted molar refractivity (Wildman–Crippen MR) is 144 cm³/mol. The normalized spacial score (nSPS) is 14.3. The number of nitrogens with zero attached hydrogens (tertiary/aromatic N) is 6. The van der Waals surface area contributed by atoms with Gasteiger partial charge in [0.15, 0.2) is 0 Å². The van der Waals surface area contributed by atoms with Crippen LogP contribution in [0.4, 0.5) is 19.0 Å². The molecule has 0 saturated carbocycles. The molecule has 0 radical (unpaired) electrons. The van der Waals surface area contributed by atoms with E-state index in [0.717, 1.165) is 16.9 Å². The molecular weight excluding hydrogens is 561 g/mol. The number of hydrogen-bond acceptors (Lipinski definition) is 9. The molecule has 3 N–H and O–H groups in total. The third-order valence-corrected chi connectivity index (χ3v) is 6.38. The Bertz CT molecular complexity index is 1410. The van der Waals surface area contributed by atoms with Crippen molar-refractivity contribution in [2.45, 2.75) is 32.5 Å². The van der Waals surface area contributed by atoms with Gasteiger partial charge in [-0.2, -0.15) is 23.5 Å². The quantitative estimate of drug-likeness (QED) is 0.331. The summed E-state index contributed by atoms with van der Waals surface area (Å²) in [6, 6.07) is 7.92. The average molecular weight is 593 g/mol. The zero-order valence-corrected chi connectivity index (χ0v) is 23.0. The molecule has 1 saturated heterocycles. The second kappa shape index (κ2) is 14.0. The van der Waals surface area contributed by atoms with Crippen LogP contribution in [0.15, 0.2) is 36.8 Å². The van der Waals surface area contributed by atoms with E-state index in [1.807, 2.05) is 32.0 Å². The molecule has 226 valence electrons. The van der Waals surface area contributed by atoms with E-state index in [4.69, 9.17) is 19.7 Å². The molecule has 1 atom stereocenters. The van der Waals surface area contributed by atoms with Crippen LogP contribution in [0, 0.1) is 17.2 Å². The largest absolute Gasteiger partial charge is 0.492 e. The molecule has 0 bridgehead atoms. The second-order valence-corrected chi connectivity index (χ2v) is 9.69. The molecule has 1 aliphatic heterocycles. The summed E-state index contributed by atoms with van der Waals surface area (Å²) in [5, 5.41) is 40.1. The number of fused-ring (bicyclic) bond motifs is 1. The maximum absolute atomic E-state index is 12.4. The van der Waals surface area contributed by atoms with Gasteiger partial charge in [-0.05, 0) is 24.1 Å². The van der Waals surface area contributed by atoms with Crippen molar-refractivity contribution >= 4 is 23.2 Å². The molecule has 1 fully saturated rings. The number of halogens is 3. The number of ether oxygens (including phenoxy) is 1. The molecule has 0 aliphatic carbocycles. The first-order valence-electron chi connectivity index (χ1n) is 13.0. The SMILES string of the molecule is CC(C)[C@@H](O)C(=O)N1CCN(c2ccc(-c3cc(OCCCO)cn4ncc(C#N)c34)cn2)CC1.O=C(O)C(F)(F)F. The van der Waals surface area contributed by atoms with E-state index in [2.05, 4.69) is 21.1 Å². The van der Waals surface area contributed by atoms with Gasteiger partial charge in [-0.1, -0.05) is 13.8 Å². The van der Waals surface area contributed by atoms with Gasteiger partial charge in [-0.15, -0.1) is 0 Å². The van der Waals surface area contributed by atoms with Crippen LogP contribution < -0.4 is 9.64 Å². The molecule has 0 spiro atoms. The highest BCUT2D eigenvalue weighted by Crippen LogP contribution is 2.31. The number of hydrogen-bond donors (Lipinski definition) is 3. The number of aliphatic carboxylic acids is 1. The van der Waals surface area contributed by atoms with Crippen LogP contribution in [-0.4, -0.2) is 98.4 Å². The molecular formula is C27H31F3N6O6. The van der Waals surface area contributed by atoms with Crippen molar-refractivity contribution in [1.82, 2.24) is 19.5 Å². The number of amides is 1. The number of nitriles is 1. The minimum Gasteiger partial charge on any atom is -0.492 e. The summed E-state index contributed by atoms with van der Waals surface area (Å²) in [6.07, 6.45) is -0.538. The van der Waals surface area contributed by atoms with Crippen molar-refractivity contribution in [3.63, 3.8) is 0 Å². The first kappa shape index (κ1) is 32.1. The van der Waals surface area contributed by atoms with E-state index in [0.29, 0.717) is 56.0 Å². The smallest absolute Gasteiger partial charge is 0.490 e. The van der Waals surface area contributed by atoms with Crippen LogP contribution in [-0.2, 0) is 9.59 Å².